The number of carbonyl (C=O) groups excluding carboxylic acids is 1. The first-order chi connectivity index (χ1) is 15.7. The van der Waals surface area contributed by atoms with E-state index in [-0.39, 0.29) is 29.9 Å². The number of urea groups is 1. The number of fused-ring (bicyclic) bond motifs is 1. The van der Waals surface area contributed by atoms with Crippen LogP contribution in [0.3, 0.4) is 0 Å². The number of aromatic nitrogens is 2. The number of nitrogens with one attached hydrogen (secondary N) is 2. The Morgan fingerprint density at radius 1 is 1.18 bits per heavy atom. The number of amides is 2. The van der Waals surface area contributed by atoms with Gasteiger partial charge in [0, 0.05) is 18.8 Å². The van der Waals surface area contributed by atoms with E-state index in [9.17, 15) is 22.4 Å². The summed E-state index contributed by atoms with van der Waals surface area (Å²) < 4.78 is 61.6. The third-order valence-corrected chi connectivity index (χ3v) is 4.93. The fourth-order valence-electron chi connectivity index (χ4n) is 3.54. The van der Waals surface area contributed by atoms with Gasteiger partial charge in [0.25, 0.3) is 0 Å². The van der Waals surface area contributed by atoms with E-state index in [1.165, 1.54) is 30.6 Å². The number of pyridine rings is 2. The number of hydrogen-bond donors (Lipinski definition) is 2. The second kappa shape index (κ2) is 8.60. The summed E-state index contributed by atoms with van der Waals surface area (Å²) in [6.45, 7) is 0.130. The predicted molar refractivity (Wildman–Crippen MR) is 110 cm³/mol. The van der Waals surface area contributed by atoms with Gasteiger partial charge in [-0.1, -0.05) is 6.07 Å². The zero-order valence-electron chi connectivity index (χ0n) is 16.8. The molecule has 12 heteroatoms. The molecule has 0 saturated carbocycles. The Morgan fingerprint density at radius 3 is 2.70 bits per heavy atom. The number of benzene rings is 1. The van der Waals surface area contributed by atoms with Crippen LogP contribution in [0.15, 0.2) is 54.9 Å². The highest BCUT2D eigenvalue weighted by molar-refractivity contribution is 6.30. The van der Waals surface area contributed by atoms with Crippen LogP contribution in [0.2, 0.25) is 0 Å². The van der Waals surface area contributed by atoms with Gasteiger partial charge in [-0.15, -0.1) is 13.2 Å². The maximum Gasteiger partial charge on any atom is 0.573 e. The van der Waals surface area contributed by atoms with Gasteiger partial charge in [-0.25, -0.2) is 9.18 Å². The van der Waals surface area contributed by atoms with Gasteiger partial charge >= 0.3 is 12.4 Å². The smallest absolute Gasteiger partial charge is 0.491 e. The molecule has 1 atom stereocenters. The fourth-order valence-corrected chi connectivity index (χ4v) is 3.54. The van der Waals surface area contributed by atoms with Gasteiger partial charge in [-0.05, 0) is 47.6 Å². The van der Waals surface area contributed by atoms with Crippen LogP contribution in [-0.4, -0.2) is 36.8 Å². The summed E-state index contributed by atoms with van der Waals surface area (Å²) in [6, 6.07) is 8.54. The topological polar surface area (TPSA) is 85.4 Å². The number of anilines is 1. The maximum absolute atomic E-state index is 14.6. The number of ether oxygens (including phenoxy) is 2. The van der Waals surface area contributed by atoms with Gasteiger partial charge in [-0.2, -0.15) is 0 Å². The molecule has 0 bridgehead atoms. The Kier molecular flexibility index (Phi) is 5.83. The van der Waals surface area contributed by atoms with E-state index < -0.39 is 29.5 Å². The standard InChI is InChI=1S/C21H15BF4N4O3/c22-17-6-4-13(11-28-17)29-19(31)30-20(7-9-32-16-2-1-8-27-18(16)20)12-3-5-15(14(23)10-12)33-21(24,25)26/h1-6,8,10-11H,7,9H2,(H2,29,30,31). The molecular weight excluding hydrogens is 443 g/mol. The molecule has 33 heavy (non-hydrogen) atoms. The molecule has 3 aromatic rings. The van der Waals surface area contributed by atoms with E-state index in [1.54, 1.807) is 12.1 Å². The van der Waals surface area contributed by atoms with E-state index in [0.29, 0.717) is 11.4 Å². The number of alkyl halides is 3. The van der Waals surface area contributed by atoms with Gasteiger partial charge in [0.15, 0.2) is 11.6 Å². The summed E-state index contributed by atoms with van der Waals surface area (Å²) >= 11 is 0. The highest BCUT2D eigenvalue weighted by Crippen LogP contribution is 2.41. The molecule has 168 valence electrons. The number of hydrogen-bond acceptors (Lipinski definition) is 5. The molecule has 0 aliphatic carbocycles. The maximum atomic E-state index is 14.6. The summed E-state index contributed by atoms with van der Waals surface area (Å²) in [4.78, 5) is 21.1. The molecular formula is C21H15BF4N4O3. The molecule has 1 unspecified atom stereocenters. The van der Waals surface area contributed by atoms with E-state index in [4.69, 9.17) is 12.6 Å². The van der Waals surface area contributed by atoms with Crippen LogP contribution >= 0.6 is 0 Å². The van der Waals surface area contributed by atoms with E-state index in [2.05, 4.69) is 25.3 Å². The van der Waals surface area contributed by atoms with Crippen molar-refractivity contribution in [2.24, 2.45) is 0 Å². The van der Waals surface area contributed by atoms with Crippen molar-refractivity contribution in [3.63, 3.8) is 0 Å². The average Bonchev–Trinajstić information content (AvgIpc) is 2.76. The number of nitrogens with zero attached hydrogens (tertiary/aromatic N) is 2. The lowest BCUT2D eigenvalue weighted by atomic mass is 9.81. The molecule has 7 nitrogen and oxygen atoms in total. The summed E-state index contributed by atoms with van der Waals surface area (Å²) in [7, 11) is 5.54. The molecule has 1 aliphatic heterocycles. The molecule has 0 spiro atoms. The van der Waals surface area contributed by atoms with Crippen LogP contribution in [-0.2, 0) is 5.54 Å². The number of carbonyl (C=O) groups is 1. The minimum atomic E-state index is -5.06. The summed E-state index contributed by atoms with van der Waals surface area (Å²) in [5.74, 6) is -1.90. The summed E-state index contributed by atoms with van der Waals surface area (Å²) in [6.07, 6.45) is -2.12. The lowest BCUT2D eigenvalue weighted by Gasteiger charge is -2.39. The number of halogens is 4. The SMILES string of the molecule is [B]c1ccc(NC(=O)NC2(c3ccc(OC(F)(F)F)c(F)c3)CCOc3cccnc32)cn1. The van der Waals surface area contributed by atoms with Gasteiger partial charge in [-0.3, -0.25) is 9.97 Å². The Bertz CT molecular complexity index is 1180. The Labute approximate surface area is 186 Å². The number of rotatable bonds is 4. The van der Waals surface area contributed by atoms with Gasteiger partial charge in [0.2, 0.25) is 0 Å². The van der Waals surface area contributed by atoms with Gasteiger partial charge in [0.05, 0.1) is 12.3 Å². The van der Waals surface area contributed by atoms with Crippen LogP contribution in [0.4, 0.5) is 28.0 Å². The van der Waals surface area contributed by atoms with Gasteiger partial charge in [0.1, 0.15) is 24.8 Å². The monoisotopic (exact) mass is 458 g/mol. The highest BCUT2D eigenvalue weighted by Gasteiger charge is 2.43. The van der Waals surface area contributed by atoms with Crippen LogP contribution in [0.25, 0.3) is 0 Å². The van der Waals surface area contributed by atoms with E-state index in [0.717, 1.165) is 12.1 Å². The average molecular weight is 458 g/mol. The minimum Gasteiger partial charge on any atom is -0.491 e. The fraction of sp³-hybridized carbons (Fsp3) is 0.190. The molecule has 2 N–H and O–H groups in total. The third-order valence-electron chi connectivity index (χ3n) is 4.93. The Balaban J connectivity index is 1.73. The molecule has 0 fully saturated rings. The van der Waals surface area contributed by atoms with Crippen molar-refractivity contribution in [3.8, 4) is 11.5 Å². The largest absolute Gasteiger partial charge is 0.573 e. The van der Waals surface area contributed by atoms with Crippen LogP contribution in [0.5, 0.6) is 11.5 Å². The Morgan fingerprint density at radius 2 is 2.00 bits per heavy atom. The van der Waals surface area contributed by atoms with E-state index >= 15 is 0 Å². The van der Waals surface area contributed by atoms with Crippen molar-refractivity contribution in [2.45, 2.75) is 18.3 Å². The van der Waals surface area contributed by atoms with Crippen molar-refractivity contribution in [2.75, 3.05) is 11.9 Å². The third kappa shape index (κ3) is 4.84. The molecule has 4 rings (SSSR count). The van der Waals surface area contributed by atoms with Crippen molar-refractivity contribution in [1.82, 2.24) is 15.3 Å². The van der Waals surface area contributed by atoms with Crippen LogP contribution < -0.4 is 25.7 Å². The molecule has 1 aromatic carbocycles. The van der Waals surface area contributed by atoms with Crippen LogP contribution in [0, 0.1) is 5.82 Å². The molecule has 3 heterocycles. The van der Waals surface area contributed by atoms with Crippen molar-refractivity contribution in [1.29, 1.82) is 0 Å². The lowest BCUT2D eigenvalue weighted by molar-refractivity contribution is -0.275. The van der Waals surface area contributed by atoms with Crippen molar-refractivity contribution < 1.29 is 31.8 Å². The second-order valence-corrected chi connectivity index (χ2v) is 7.10. The molecule has 2 amide bonds. The second-order valence-electron chi connectivity index (χ2n) is 7.10. The quantitative estimate of drug-likeness (QED) is 0.464. The zero-order chi connectivity index (χ0) is 23.6. The summed E-state index contributed by atoms with van der Waals surface area (Å²) in [5, 5.41) is 5.38. The normalized spacial score (nSPS) is 17.5. The first kappa shape index (κ1) is 22.4. The molecule has 2 aromatic heterocycles. The first-order valence-electron chi connectivity index (χ1n) is 9.61. The lowest BCUT2D eigenvalue weighted by Crippen LogP contribution is -2.51. The zero-order valence-corrected chi connectivity index (χ0v) is 16.8. The Hall–Kier alpha value is -3.83. The molecule has 0 saturated heterocycles. The van der Waals surface area contributed by atoms with Crippen LogP contribution in [0.1, 0.15) is 17.7 Å². The first-order valence-corrected chi connectivity index (χ1v) is 9.61. The van der Waals surface area contributed by atoms with Crippen molar-refractivity contribution in [3.05, 3.63) is 71.9 Å². The predicted octanol–water partition coefficient (Wildman–Crippen LogP) is 3.16. The molecule has 2 radical (unpaired) electrons. The molecule has 1 aliphatic rings. The van der Waals surface area contributed by atoms with Crippen molar-refractivity contribution >= 4 is 25.2 Å². The van der Waals surface area contributed by atoms with Gasteiger partial charge < -0.3 is 20.1 Å². The minimum absolute atomic E-state index is 0.128. The highest BCUT2D eigenvalue weighted by atomic mass is 19.4. The summed E-state index contributed by atoms with van der Waals surface area (Å²) in [5.41, 5.74) is -0.381. The van der Waals surface area contributed by atoms with E-state index in [1.807, 2.05) is 0 Å².